The zero-order chi connectivity index (χ0) is 8.97. The molecule has 1 aromatic carbocycles. The molecule has 1 heteroatoms. The van der Waals surface area contributed by atoms with Gasteiger partial charge in [0.2, 0.25) is 5.78 Å². The fourth-order valence-electron chi connectivity index (χ4n) is 0.797. The van der Waals surface area contributed by atoms with Gasteiger partial charge in [-0.25, -0.2) is 0 Å². The van der Waals surface area contributed by atoms with Crippen LogP contribution >= 0.6 is 0 Å². The maximum absolute atomic E-state index is 10.5. The van der Waals surface area contributed by atoms with E-state index in [1.165, 1.54) is 12.5 Å². The third kappa shape index (κ3) is 2.59. The Hall–Kier alpha value is -1.55. The highest BCUT2D eigenvalue weighted by Gasteiger charge is 1.86. The van der Waals surface area contributed by atoms with Crippen LogP contribution in [0.25, 0.3) is 0 Å². The Morgan fingerprint density at radius 2 is 1.83 bits per heavy atom. The minimum atomic E-state index is -0.101. The maximum Gasteiger partial charge on any atom is 0.202 e. The summed E-state index contributed by atoms with van der Waals surface area (Å²) in [6.07, 6.45) is 0. The van der Waals surface area contributed by atoms with Crippen molar-refractivity contribution in [2.24, 2.45) is 0 Å². The molecule has 0 saturated carbocycles. The van der Waals surface area contributed by atoms with E-state index in [2.05, 4.69) is 11.8 Å². The van der Waals surface area contributed by atoms with Gasteiger partial charge in [-0.2, -0.15) is 0 Å². The van der Waals surface area contributed by atoms with Crippen LogP contribution in [-0.2, 0) is 4.79 Å². The van der Waals surface area contributed by atoms with Crippen molar-refractivity contribution in [1.29, 1.82) is 0 Å². The second kappa shape index (κ2) is 3.73. The van der Waals surface area contributed by atoms with E-state index in [1.807, 2.05) is 31.2 Å². The van der Waals surface area contributed by atoms with Crippen molar-refractivity contribution in [3.63, 3.8) is 0 Å². The Kier molecular flexibility index (Phi) is 2.66. The average molecular weight is 158 g/mol. The van der Waals surface area contributed by atoms with Gasteiger partial charge in [-0.1, -0.05) is 23.6 Å². The zero-order valence-corrected chi connectivity index (χ0v) is 7.22. The van der Waals surface area contributed by atoms with Crippen molar-refractivity contribution in [2.75, 3.05) is 0 Å². The number of ketones is 1. The molecule has 12 heavy (non-hydrogen) atoms. The Labute approximate surface area is 72.4 Å². The number of hydrogen-bond acceptors (Lipinski definition) is 1. The van der Waals surface area contributed by atoms with Crippen LogP contribution in [0, 0.1) is 18.8 Å². The third-order valence-electron chi connectivity index (χ3n) is 1.43. The minimum absolute atomic E-state index is 0.101. The third-order valence-corrected chi connectivity index (χ3v) is 1.43. The van der Waals surface area contributed by atoms with Gasteiger partial charge in [-0.15, -0.1) is 0 Å². The summed E-state index contributed by atoms with van der Waals surface area (Å²) >= 11 is 0. The Morgan fingerprint density at radius 3 is 2.33 bits per heavy atom. The number of rotatable bonds is 0. The standard InChI is InChI=1S/C11H10O/c1-9-3-6-11(7-4-9)8-5-10(2)12/h3-4,6-7H,1-2H3. The molecule has 1 nitrogen and oxygen atoms in total. The fourth-order valence-corrected chi connectivity index (χ4v) is 0.797. The van der Waals surface area contributed by atoms with Gasteiger partial charge < -0.3 is 0 Å². The largest absolute Gasteiger partial charge is 0.285 e. The maximum atomic E-state index is 10.5. The first-order valence-electron chi connectivity index (χ1n) is 3.78. The van der Waals surface area contributed by atoms with Crippen LogP contribution in [-0.4, -0.2) is 5.78 Å². The smallest absolute Gasteiger partial charge is 0.202 e. The summed E-state index contributed by atoms with van der Waals surface area (Å²) in [5.41, 5.74) is 2.08. The second-order valence-corrected chi connectivity index (χ2v) is 2.67. The van der Waals surface area contributed by atoms with E-state index in [0.29, 0.717) is 0 Å². The van der Waals surface area contributed by atoms with Crippen molar-refractivity contribution in [1.82, 2.24) is 0 Å². The lowest BCUT2D eigenvalue weighted by Crippen LogP contribution is -1.81. The van der Waals surface area contributed by atoms with Gasteiger partial charge in [0, 0.05) is 12.5 Å². The minimum Gasteiger partial charge on any atom is -0.285 e. The lowest BCUT2D eigenvalue weighted by molar-refractivity contribution is -0.111. The van der Waals surface area contributed by atoms with Crippen molar-refractivity contribution in [2.45, 2.75) is 13.8 Å². The summed E-state index contributed by atoms with van der Waals surface area (Å²) in [4.78, 5) is 10.5. The highest BCUT2D eigenvalue weighted by molar-refractivity contribution is 5.93. The van der Waals surface area contributed by atoms with Crippen LogP contribution in [0.3, 0.4) is 0 Å². The van der Waals surface area contributed by atoms with Crippen molar-refractivity contribution in [3.05, 3.63) is 35.4 Å². The van der Waals surface area contributed by atoms with Gasteiger partial charge in [0.1, 0.15) is 0 Å². The number of hydrogen-bond donors (Lipinski definition) is 0. The first-order valence-corrected chi connectivity index (χ1v) is 3.78. The molecule has 0 unspecified atom stereocenters. The van der Waals surface area contributed by atoms with Crippen LogP contribution in [0.1, 0.15) is 18.1 Å². The van der Waals surface area contributed by atoms with Crippen LogP contribution in [0.4, 0.5) is 0 Å². The highest BCUT2D eigenvalue weighted by atomic mass is 16.1. The van der Waals surface area contributed by atoms with Crippen LogP contribution < -0.4 is 0 Å². The van der Waals surface area contributed by atoms with E-state index in [-0.39, 0.29) is 5.78 Å². The monoisotopic (exact) mass is 158 g/mol. The number of Topliss-reactive ketones (excluding diaryl/α,β-unsaturated/α-hetero) is 1. The topological polar surface area (TPSA) is 17.1 Å². The lowest BCUT2D eigenvalue weighted by atomic mass is 10.1. The molecule has 0 heterocycles. The second-order valence-electron chi connectivity index (χ2n) is 2.67. The summed E-state index contributed by atoms with van der Waals surface area (Å²) in [6.45, 7) is 3.48. The lowest BCUT2D eigenvalue weighted by Gasteiger charge is -1.90. The SMILES string of the molecule is CC(=O)C#Cc1ccc(C)cc1. The molecule has 1 rings (SSSR count). The molecule has 0 spiro atoms. The molecular weight excluding hydrogens is 148 g/mol. The molecule has 0 aromatic heterocycles. The van der Waals surface area contributed by atoms with Crippen LogP contribution in [0.2, 0.25) is 0 Å². The Morgan fingerprint density at radius 1 is 1.25 bits per heavy atom. The summed E-state index contributed by atoms with van der Waals surface area (Å²) < 4.78 is 0. The molecular formula is C11H10O. The molecule has 1 aromatic rings. The van der Waals surface area contributed by atoms with E-state index in [4.69, 9.17) is 0 Å². The van der Waals surface area contributed by atoms with E-state index in [9.17, 15) is 4.79 Å². The number of carbonyl (C=O) groups excluding carboxylic acids is 1. The molecule has 0 aliphatic rings. The normalized spacial score (nSPS) is 8.50. The molecule has 0 atom stereocenters. The quantitative estimate of drug-likeness (QED) is 0.527. The average Bonchev–Trinajstić information content (AvgIpc) is 2.03. The van der Waals surface area contributed by atoms with Gasteiger partial charge in [-0.3, -0.25) is 4.79 Å². The summed E-state index contributed by atoms with van der Waals surface area (Å²) in [5, 5.41) is 0. The first-order chi connectivity index (χ1) is 5.68. The Bertz CT molecular complexity index is 336. The predicted octanol–water partition coefficient (Wildman–Crippen LogP) is 1.94. The van der Waals surface area contributed by atoms with Gasteiger partial charge in [0.25, 0.3) is 0 Å². The van der Waals surface area contributed by atoms with E-state index in [1.54, 1.807) is 0 Å². The zero-order valence-electron chi connectivity index (χ0n) is 7.22. The first kappa shape index (κ1) is 8.55. The molecule has 0 radical (unpaired) electrons. The van der Waals surface area contributed by atoms with Gasteiger partial charge in [0.05, 0.1) is 0 Å². The summed E-state index contributed by atoms with van der Waals surface area (Å²) in [5.74, 6) is 5.16. The van der Waals surface area contributed by atoms with E-state index < -0.39 is 0 Å². The van der Waals surface area contributed by atoms with Gasteiger partial charge in [-0.05, 0) is 25.0 Å². The number of aryl methyl sites for hydroxylation is 1. The van der Waals surface area contributed by atoms with Crippen molar-refractivity contribution >= 4 is 5.78 Å². The van der Waals surface area contributed by atoms with Gasteiger partial charge in [0.15, 0.2) is 0 Å². The van der Waals surface area contributed by atoms with E-state index >= 15 is 0 Å². The van der Waals surface area contributed by atoms with Crippen LogP contribution in [0.15, 0.2) is 24.3 Å². The molecule has 0 saturated heterocycles. The molecule has 0 N–H and O–H groups in total. The number of carbonyl (C=O) groups is 1. The molecule has 0 amide bonds. The summed E-state index contributed by atoms with van der Waals surface area (Å²) in [7, 11) is 0. The Balaban J connectivity index is 2.86. The van der Waals surface area contributed by atoms with Gasteiger partial charge >= 0.3 is 0 Å². The van der Waals surface area contributed by atoms with E-state index in [0.717, 1.165) is 5.56 Å². The molecule has 0 aliphatic carbocycles. The molecule has 0 aliphatic heterocycles. The fraction of sp³-hybridized carbons (Fsp3) is 0.182. The summed E-state index contributed by atoms with van der Waals surface area (Å²) in [6, 6.07) is 7.77. The van der Waals surface area contributed by atoms with Crippen molar-refractivity contribution in [3.8, 4) is 11.8 Å². The highest BCUT2D eigenvalue weighted by Crippen LogP contribution is 2.00. The number of benzene rings is 1. The van der Waals surface area contributed by atoms with Crippen LogP contribution in [0.5, 0.6) is 0 Å². The molecule has 0 bridgehead atoms. The van der Waals surface area contributed by atoms with Crippen molar-refractivity contribution < 1.29 is 4.79 Å². The molecule has 0 fully saturated rings. The molecule has 60 valence electrons. The predicted molar refractivity (Wildman–Crippen MR) is 48.7 cm³/mol.